The molecular weight excluding hydrogens is 186 g/mol. The lowest BCUT2D eigenvalue weighted by Crippen LogP contribution is -1.88. The highest BCUT2D eigenvalue weighted by Gasteiger charge is 1.89. The number of terminal acetylenes is 1. The number of aryl methyl sites for hydroxylation is 1. The molecule has 0 spiro atoms. The second-order valence-corrected chi connectivity index (χ2v) is 3.12. The van der Waals surface area contributed by atoms with Gasteiger partial charge in [-0.25, -0.2) is 0 Å². The Morgan fingerprint density at radius 2 is 2.13 bits per heavy atom. The van der Waals surface area contributed by atoms with Gasteiger partial charge in [-0.2, -0.15) is 0 Å². The SMILES string of the molecule is C#CCCON=Cc1ccc(CC)cc1. The van der Waals surface area contributed by atoms with E-state index in [1.807, 2.05) is 12.1 Å². The van der Waals surface area contributed by atoms with E-state index in [1.165, 1.54) is 5.56 Å². The van der Waals surface area contributed by atoms with Crippen molar-refractivity contribution >= 4 is 6.21 Å². The normalized spacial score (nSPS) is 10.1. The molecule has 0 fully saturated rings. The van der Waals surface area contributed by atoms with Gasteiger partial charge in [0.1, 0.15) is 6.61 Å². The van der Waals surface area contributed by atoms with Crippen LogP contribution in [0.3, 0.4) is 0 Å². The van der Waals surface area contributed by atoms with Crippen molar-refractivity contribution in [2.75, 3.05) is 6.61 Å². The summed E-state index contributed by atoms with van der Waals surface area (Å²) in [5, 5.41) is 3.81. The Labute approximate surface area is 90.9 Å². The Balaban J connectivity index is 2.40. The van der Waals surface area contributed by atoms with E-state index < -0.39 is 0 Å². The Bertz CT molecular complexity index is 346. The fraction of sp³-hybridized carbons (Fsp3) is 0.308. The largest absolute Gasteiger partial charge is 0.395 e. The van der Waals surface area contributed by atoms with E-state index in [-0.39, 0.29) is 0 Å². The standard InChI is InChI=1S/C13H15NO/c1-3-5-10-15-14-11-13-8-6-12(4-2)7-9-13/h1,6-9,11H,4-5,10H2,2H3. The molecule has 0 N–H and O–H groups in total. The quantitative estimate of drug-likeness (QED) is 0.310. The van der Waals surface area contributed by atoms with E-state index >= 15 is 0 Å². The molecule has 0 atom stereocenters. The molecule has 2 nitrogen and oxygen atoms in total. The van der Waals surface area contributed by atoms with Gasteiger partial charge in [0.15, 0.2) is 0 Å². The highest BCUT2D eigenvalue weighted by molar-refractivity contribution is 5.79. The number of oxime groups is 1. The topological polar surface area (TPSA) is 21.6 Å². The van der Waals surface area contributed by atoms with Crippen molar-refractivity contribution in [1.82, 2.24) is 0 Å². The smallest absolute Gasteiger partial charge is 0.128 e. The molecule has 2 heteroatoms. The van der Waals surface area contributed by atoms with Gasteiger partial charge in [0.2, 0.25) is 0 Å². The molecule has 1 aromatic carbocycles. The van der Waals surface area contributed by atoms with Crippen molar-refractivity contribution in [3.8, 4) is 12.3 Å². The first-order valence-electron chi connectivity index (χ1n) is 5.04. The van der Waals surface area contributed by atoms with Gasteiger partial charge in [-0.3, -0.25) is 0 Å². The third-order valence-electron chi connectivity index (χ3n) is 2.00. The molecule has 1 aromatic rings. The second kappa shape index (κ2) is 6.67. The van der Waals surface area contributed by atoms with E-state index in [0.29, 0.717) is 13.0 Å². The predicted octanol–water partition coefficient (Wildman–Crippen LogP) is 2.62. The van der Waals surface area contributed by atoms with Crippen LogP contribution in [0.5, 0.6) is 0 Å². The fourth-order valence-electron chi connectivity index (χ4n) is 1.09. The van der Waals surface area contributed by atoms with Crippen LogP contribution in [0.25, 0.3) is 0 Å². The third-order valence-corrected chi connectivity index (χ3v) is 2.00. The average molecular weight is 201 g/mol. The van der Waals surface area contributed by atoms with Gasteiger partial charge < -0.3 is 4.84 Å². The summed E-state index contributed by atoms with van der Waals surface area (Å²) in [5.41, 5.74) is 2.35. The molecule has 0 heterocycles. The minimum atomic E-state index is 0.472. The molecule has 0 aromatic heterocycles. The van der Waals surface area contributed by atoms with Crippen molar-refractivity contribution in [3.63, 3.8) is 0 Å². The summed E-state index contributed by atoms with van der Waals surface area (Å²) in [6.45, 7) is 2.60. The minimum absolute atomic E-state index is 0.472. The first-order valence-corrected chi connectivity index (χ1v) is 5.04. The monoisotopic (exact) mass is 201 g/mol. The number of hydrogen-bond acceptors (Lipinski definition) is 2. The summed E-state index contributed by atoms with van der Waals surface area (Å²) in [6.07, 6.45) is 8.40. The molecule has 0 amide bonds. The second-order valence-electron chi connectivity index (χ2n) is 3.12. The van der Waals surface area contributed by atoms with Crippen LogP contribution in [0.1, 0.15) is 24.5 Å². The van der Waals surface area contributed by atoms with Crippen LogP contribution in [0.4, 0.5) is 0 Å². The molecule has 1 rings (SSSR count). The zero-order chi connectivity index (χ0) is 10.9. The maximum Gasteiger partial charge on any atom is 0.128 e. The first kappa shape index (κ1) is 11.3. The third kappa shape index (κ3) is 4.33. The molecule has 0 radical (unpaired) electrons. The molecule has 0 unspecified atom stereocenters. The van der Waals surface area contributed by atoms with Crippen molar-refractivity contribution in [1.29, 1.82) is 0 Å². The van der Waals surface area contributed by atoms with Gasteiger partial charge >= 0.3 is 0 Å². The Morgan fingerprint density at radius 1 is 1.40 bits per heavy atom. The Morgan fingerprint density at radius 3 is 2.73 bits per heavy atom. The van der Waals surface area contributed by atoms with E-state index in [9.17, 15) is 0 Å². The van der Waals surface area contributed by atoms with Gasteiger partial charge in [-0.15, -0.1) is 12.3 Å². The zero-order valence-corrected chi connectivity index (χ0v) is 8.94. The molecular formula is C13H15NO. The lowest BCUT2D eigenvalue weighted by Gasteiger charge is -1.97. The Kier molecular flexibility index (Phi) is 5.03. The first-order chi connectivity index (χ1) is 7.36. The molecule has 0 saturated heterocycles. The molecule has 0 saturated carbocycles. The summed E-state index contributed by atoms with van der Waals surface area (Å²) >= 11 is 0. The Hall–Kier alpha value is -1.75. The van der Waals surface area contributed by atoms with Gasteiger partial charge in [-0.1, -0.05) is 36.3 Å². The van der Waals surface area contributed by atoms with E-state index in [1.54, 1.807) is 6.21 Å². The number of hydrogen-bond donors (Lipinski definition) is 0. The highest BCUT2D eigenvalue weighted by Crippen LogP contribution is 2.02. The summed E-state index contributed by atoms with van der Waals surface area (Å²) in [5.74, 6) is 2.48. The average Bonchev–Trinajstić information content (AvgIpc) is 2.30. The summed E-state index contributed by atoms with van der Waals surface area (Å²) < 4.78 is 0. The van der Waals surface area contributed by atoms with Crippen LogP contribution < -0.4 is 0 Å². The lowest BCUT2D eigenvalue weighted by atomic mass is 10.1. The van der Waals surface area contributed by atoms with E-state index in [4.69, 9.17) is 11.3 Å². The summed E-state index contributed by atoms with van der Waals surface area (Å²) in [7, 11) is 0. The van der Waals surface area contributed by atoms with Crippen molar-refractivity contribution in [2.45, 2.75) is 19.8 Å². The van der Waals surface area contributed by atoms with Gasteiger partial charge in [-0.05, 0) is 17.5 Å². The molecule has 0 bridgehead atoms. The van der Waals surface area contributed by atoms with Gasteiger partial charge in [0.25, 0.3) is 0 Å². The van der Waals surface area contributed by atoms with Crippen LogP contribution in [-0.2, 0) is 11.3 Å². The van der Waals surface area contributed by atoms with Crippen molar-refractivity contribution in [2.24, 2.45) is 5.16 Å². The maximum atomic E-state index is 5.07. The highest BCUT2D eigenvalue weighted by atomic mass is 16.6. The maximum absolute atomic E-state index is 5.07. The number of rotatable bonds is 5. The van der Waals surface area contributed by atoms with Crippen LogP contribution in [0.2, 0.25) is 0 Å². The van der Waals surface area contributed by atoms with Gasteiger partial charge in [0.05, 0.1) is 6.21 Å². The molecule has 78 valence electrons. The predicted molar refractivity (Wildman–Crippen MR) is 62.8 cm³/mol. The number of benzene rings is 1. The fourth-order valence-corrected chi connectivity index (χ4v) is 1.09. The van der Waals surface area contributed by atoms with Crippen LogP contribution in [0, 0.1) is 12.3 Å². The lowest BCUT2D eigenvalue weighted by molar-refractivity contribution is 0.152. The van der Waals surface area contributed by atoms with Crippen molar-refractivity contribution in [3.05, 3.63) is 35.4 Å². The molecule has 0 aliphatic rings. The van der Waals surface area contributed by atoms with Gasteiger partial charge in [0, 0.05) is 6.42 Å². The molecule has 0 aliphatic heterocycles. The number of nitrogens with zero attached hydrogens (tertiary/aromatic N) is 1. The summed E-state index contributed by atoms with van der Waals surface area (Å²) in [4.78, 5) is 4.96. The van der Waals surface area contributed by atoms with E-state index in [0.717, 1.165) is 12.0 Å². The van der Waals surface area contributed by atoms with Crippen molar-refractivity contribution < 1.29 is 4.84 Å². The molecule has 15 heavy (non-hydrogen) atoms. The van der Waals surface area contributed by atoms with E-state index in [2.05, 4.69) is 30.1 Å². The summed E-state index contributed by atoms with van der Waals surface area (Å²) in [6, 6.07) is 8.21. The minimum Gasteiger partial charge on any atom is -0.395 e. The van der Waals surface area contributed by atoms with Crippen LogP contribution >= 0.6 is 0 Å². The zero-order valence-electron chi connectivity index (χ0n) is 8.94. The van der Waals surface area contributed by atoms with Crippen LogP contribution in [-0.4, -0.2) is 12.8 Å². The molecule has 0 aliphatic carbocycles. The van der Waals surface area contributed by atoms with Crippen LogP contribution in [0.15, 0.2) is 29.4 Å².